The first-order chi connectivity index (χ1) is 16.8. The Balaban J connectivity index is 1.80. The summed E-state index contributed by atoms with van der Waals surface area (Å²) < 4.78 is 40.2. The van der Waals surface area contributed by atoms with Gasteiger partial charge in [-0.25, -0.2) is 28.4 Å². The fourth-order valence-corrected chi connectivity index (χ4v) is 4.34. The molecule has 4 rings (SSSR count). The van der Waals surface area contributed by atoms with Crippen LogP contribution in [-0.2, 0) is 10.0 Å². The molecule has 0 aliphatic carbocycles. The Morgan fingerprint density at radius 1 is 0.886 bits per heavy atom. The Hall–Kier alpha value is -3.76. The number of sulfonamides is 1. The van der Waals surface area contributed by atoms with Crippen molar-refractivity contribution in [3.63, 3.8) is 0 Å². The van der Waals surface area contributed by atoms with Crippen molar-refractivity contribution < 1.29 is 17.9 Å². The number of rotatable bonds is 8. The highest BCUT2D eigenvalue weighted by atomic mass is 35.5. The maximum absolute atomic E-state index is 13.2. The van der Waals surface area contributed by atoms with Gasteiger partial charge >= 0.3 is 0 Å². The molecular weight excluding hydrogens is 490 g/mol. The lowest BCUT2D eigenvalue weighted by atomic mass is 10.0. The smallest absolute Gasteiger partial charge is 0.263 e. The van der Waals surface area contributed by atoms with E-state index in [1.165, 1.54) is 31.6 Å². The van der Waals surface area contributed by atoms with E-state index in [1.54, 1.807) is 42.5 Å². The first-order valence-electron chi connectivity index (χ1n) is 10.6. The molecule has 0 fully saturated rings. The Bertz CT molecular complexity index is 1430. The fourth-order valence-electron chi connectivity index (χ4n) is 3.13. The van der Waals surface area contributed by atoms with Crippen LogP contribution in [0, 0.1) is 0 Å². The molecule has 0 saturated heterocycles. The van der Waals surface area contributed by atoms with Crippen molar-refractivity contribution in [1.82, 2.24) is 19.9 Å². The number of ether oxygens (including phenoxy) is 2. The molecule has 2 aromatic carbocycles. The summed E-state index contributed by atoms with van der Waals surface area (Å²) in [6, 6.07) is 15.1. The summed E-state index contributed by atoms with van der Waals surface area (Å²) >= 11 is 6.45. The van der Waals surface area contributed by atoms with Crippen LogP contribution in [0.25, 0.3) is 11.6 Å². The van der Waals surface area contributed by atoms with E-state index < -0.39 is 10.0 Å². The largest absolute Gasteiger partial charge is 0.493 e. The lowest BCUT2D eigenvalue weighted by molar-refractivity contribution is 0.378. The normalized spacial score (nSPS) is 11.3. The van der Waals surface area contributed by atoms with Gasteiger partial charge in [0, 0.05) is 12.4 Å². The quantitative estimate of drug-likeness (QED) is 0.316. The molecule has 0 unspecified atom stereocenters. The average molecular weight is 512 g/mol. The van der Waals surface area contributed by atoms with E-state index in [4.69, 9.17) is 21.1 Å². The van der Waals surface area contributed by atoms with Crippen LogP contribution < -0.4 is 14.2 Å². The minimum atomic E-state index is -4.05. The summed E-state index contributed by atoms with van der Waals surface area (Å²) in [4.78, 5) is 16.8. The molecule has 180 valence electrons. The molecule has 0 spiro atoms. The van der Waals surface area contributed by atoms with Crippen LogP contribution in [0.2, 0.25) is 5.15 Å². The van der Waals surface area contributed by atoms with Gasteiger partial charge in [0.15, 0.2) is 28.3 Å². The van der Waals surface area contributed by atoms with Gasteiger partial charge in [-0.2, -0.15) is 0 Å². The van der Waals surface area contributed by atoms with Crippen molar-refractivity contribution in [1.29, 1.82) is 0 Å². The molecule has 9 nitrogen and oxygen atoms in total. The molecule has 1 N–H and O–H groups in total. The molecule has 0 bridgehead atoms. The minimum Gasteiger partial charge on any atom is -0.493 e. The second kappa shape index (κ2) is 10.2. The highest BCUT2D eigenvalue weighted by Crippen LogP contribution is 2.39. The second-order valence-corrected chi connectivity index (χ2v) is 9.71. The Labute approximate surface area is 208 Å². The SMILES string of the molecule is COc1ccccc1Oc1c(Cl)nc(-c2ncccn2)nc1NS(=O)(=O)c1ccc(C(C)C)cc1. The number of halogens is 1. The standard InChI is InChI=1S/C24H22ClN5O4S/c1-15(2)16-9-11-17(12-10-16)35(31,32)30-22-20(34-19-8-5-4-7-18(19)33-3)21(25)28-24(29-22)23-26-13-6-14-27-23/h4-15H,1-3H3,(H,28,29,30). The predicted molar refractivity (Wildman–Crippen MR) is 132 cm³/mol. The summed E-state index contributed by atoms with van der Waals surface area (Å²) in [5.74, 6) is 0.887. The molecule has 4 aromatic rings. The van der Waals surface area contributed by atoms with Crippen LogP contribution in [0.5, 0.6) is 17.2 Å². The van der Waals surface area contributed by atoms with Crippen molar-refractivity contribution in [2.45, 2.75) is 24.7 Å². The third-order valence-corrected chi connectivity index (χ3v) is 6.57. The lowest BCUT2D eigenvalue weighted by Crippen LogP contribution is -2.16. The molecule has 0 atom stereocenters. The van der Waals surface area contributed by atoms with Crippen LogP contribution in [-0.4, -0.2) is 35.5 Å². The van der Waals surface area contributed by atoms with Gasteiger partial charge in [-0.1, -0.05) is 49.7 Å². The number of benzene rings is 2. The van der Waals surface area contributed by atoms with Gasteiger partial charge in [-0.05, 0) is 41.8 Å². The van der Waals surface area contributed by atoms with E-state index in [2.05, 4.69) is 24.7 Å². The molecule has 0 saturated carbocycles. The van der Waals surface area contributed by atoms with E-state index in [0.29, 0.717) is 11.5 Å². The maximum atomic E-state index is 13.2. The third-order valence-electron chi connectivity index (χ3n) is 4.96. The highest BCUT2D eigenvalue weighted by molar-refractivity contribution is 7.92. The van der Waals surface area contributed by atoms with E-state index >= 15 is 0 Å². The summed E-state index contributed by atoms with van der Waals surface area (Å²) in [6.45, 7) is 4.05. The number of anilines is 1. The summed E-state index contributed by atoms with van der Waals surface area (Å²) in [5.41, 5.74) is 1.01. The number of hydrogen-bond acceptors (Lipinski definition) is 8. The average Bonchev–Trinajstić information content (AvgIpc) is 2.86. The molecule has 0 radical (unpaired) electrons. The summed E-state index contributed by atoms with van der Waals surface area (Å²) in [7, 11) is -2.57. The van der Waals surface area contributed by atoms with Gasteiger partial charge < -0.3 is 9.47 Å². The number of nitrogens with one attached hydrogen (secondary N) is 1. The van der Waals surface area contributed by atoms with Crippen molar-refractivity contribution in [3.8, 4) is 28.9 Å². The van der Waals surface area contributed by atoms with Crippen molar-refractivity contribution in [2.75, 3.05) is 11.8 Å². The molecule has 11 heteroatoms. The Morgan fingerprint density at radius 2 is 1.54 bits per heavy atom. The lowest BCUT2D eigenvalue weighted by Gasteiger charge is -2.16. The number of methoxy groups -OCH3 is 1. The second-order valence-electron chi connectivity index (χ2n) is 7.67. The first kappa shape index (κ1) is 24.4. The van der Waals surface area contributed by atoms with Gasteiger partial charge in [-0.15, -0.1) is 0 Å². The zero-order chi connectivity index (χ0) is 25.0. The zero-order valence-electron chi connectivity index (χ0n) is 19.1. The third kappa shape index (κ3) is 5.50. The maximum Gasteiger partial charge on any atom is 0.263 e. The summed E-state index contributed by atoms with van der Waals surface area (Å²) in [5, 5.41) is -0.138. The monoisotopic (exact) mass is 511 g/mol. The molecule has 2 aromatic heterocycles. The van der Waals surface area contributed by atoms with E-state index in [1.807, 2.05) is 13.8 Å². The van der Waals surface area contributed by atoms with Crippen molar-refractivity contribution in [2.24, 2.45) is 0 Å². The van der Waals surface area contributed by atoms with Gasteiger partial charge in [-0.3, -0.25) is 4.72 Å². The first-order valence-corrected chi connectivity index (χ1v) is 12.4. The van der Waals surface area contributed by atoms with Crippen molar-refractivity contribution >= 4 is 27.4 Å². The van der Waals surface area contributed by atoms with Gasteiger partial charge in [0.2, 0.25) is 11.6 Å². The van der Waals surface area contributed by atoms with Crippen LogP contribution in [0.3, 0.4) is 0 Å². The number of nitrogens with zero attached hydrogens (tertiary/aromatic N) is 4. The van der Waals surface area contributed by atoms with Crippen molar-refractivity contribution in [3.05, 3.63) is 77.7 Å². The molecule has 0 aliphatic heterocycles. The molecule has 0 aliphatic rings. The Morgan fingerprint density at radius 3 is 2.17 bits per heavy atom. The van der Waals surface area contributed by atoms with Crippen LogP contribution in [0.1, 0.15) is 25.3 Å². The van der Waals surface area contributed by atoms with Gasteiger partial charge in [0.25, 0.3) is 10.0 Å². The number of para-hydroxylation sites is 2. The van der Waals surface area contributed by atoms with Crippen LogP contribution in [0.15, 0.2) is 71.9 Å². The molecule has 35 heavy (non-hydrogen) atoms. The highest BCUT2D eigenvalue weighted by Gasteiger charge is 2.24. The van der Waals surface area contributed by atoms with E-state index in [-0.39, 0.29) is 39.2 Å². The van der Waals surface area contributed by atoms with E-state index in [9.17, 15) is 8.42 Å². The fraction of sp³-hybridized carbons (Fsp3) is 0.167. The molecule has 2 heterocycles. The summed E-state index contributed by atoms with van der Waals surface area (Å²) in [6.07, 6.45) is 3.03. The minimum absolute atomic E-state index is 0.0239. The molecule has 0 amide bonds. The van der Waals surface area contributed by atoms with Gasteiger partial charge in [0.05, 0.1) is 12.0 Å². The predicted octanol–water partition coefficient (Wildman–Crippen LogP) is 5.31. The number of hydrogen-bond donors (Lipinski definition) is 1. The molecular formula is C24H22ClN5O4S. The van der Waals surface area contributed by atoms with E-state index in [0.717, 1.165) is 5.56 Å². The number of aromatic nitrogens is 4. The van der Waals surface area contributed by atoms with Crippen LogP contribution in [0.4, 0.5) is 5.82 Å². The topological polar surface area (TPSA) is 116 Å². The Kier molecular flexibility index (Phi) is 7.13. The van der Waals surface area contributed by atoms with Gasteiger partial charge in [0.1, 0.15) is 0 Å². The van der Waals surface area contributed by atoms with Crippen LogP contribution >= 0.6 is 11.6 Å². The zero-order valence-corrected chi connectivity index (χ0v) is 20.7.